The van der Waals surface area contributed by atoms with Crippen molar-refractivity contribution in [2.45, 2.75) is 108 Å². The van der Waals surface area contributed by atoms with Gasteiger partial charge in [0.15, 0.2) is 0 Å². The van der Waals surface area contributed by atoms with E-state index >= 15 is 0 Å². The van der Waals surface area contributed by atoms with Crippen molar-refractivity contribution in [2.75, 3.05) is 19.8 Å². The molecule has 1 rings (SSSR count). The van der Waals surface area contributed by atoms with Crippen LogP contribution in [-0.4, -0.2) is 59.6 Å². The number of hydrogen-bond donors (Lipinski definition) is 3. The average molecular weight is 387 g/mol. The van der Waals surface area contributed by atoms with E-state index in [1.54, 1.807) is 0 Å². The summed E-state index contributed by atoms with van der Waals surface area (Å²) >= 11 is 0. The van der Waals surface area contributed by atoms with E-state index in [2.05, 4.69) is 19.1 Å². The van der Waals surface area contributed by atoms with Crippen molar-refractivity contribution < 1.29 is 24.8 Å². The maximum Gasteiger partial charge on any atom is 0.114 e. The summed E-state index contributed by atoms with van der Waals surface area (Å²) in [5.41, 5.74) is 0. The van der Waals surface area contributed by atoms with Gasteiger partial charge in [-0.15, -0.1) is 0 Å². The number of rotatable bonds is 17. The fourth-order valence-electron chi connectivity index (χ4n) is 3.43. The third-order valence-electron chi connectivity index (χ3n) is 5.17. The normalized spacial score (nSPS) is 24.1. The standard InChI is InChI=1S/C22H42O5/c1-2-3-4-5-6-7-8-9-10-11-12-13-14-15-16-26-17-20(24)22-21(25)19(23)18-27-22/h3-4,19-25H,2,5-18H2,1H3/b4-3+/t19-,20+,21-,22-/m0/s1. The zero-order chi connectivity index (χ0) is 19.7. The Kier molecular flexibility index (Phi) is 15.0. The highest BCUT2D eigenvalue weighted by atomic mass is 16.5. The van der Waals surface area contributed by atoms with Gasteiger partial charge < -0.3 is 24.8 Å². The van der Waals surface area contributed by atoms with Crippen LogP contribution in [0.15, 0.2) is 12.2 Å². The first-order valence-corrected chi connectivity index (χ1v) is 11.0. The molecule has 1 heterocycles. The molecule has 0 unspecified atom stereocenters. The van der Waals surface area contributed by atoms with Gasteiger partial charge in [-0.2, -0.15) is 0 Å². The van der Waals surface area contributed by atoms with E-state index in [0.717, 1.165) is 19.3 Å². The summed E-state index contributed by atoms with van der Waals surface area (Å²) in [6, 6.07) is 0. The minimum absolute atomic E-state index is 0.0686. The van der Waals surface area contributed by atoms with Crippen LogP contribution in [0, 0.1) is 0 Å². The first-order chi connectivity index (χ1) is 13.2. The molecule has 1 aliphatic rings. The summed E-state index contributed by atoms with van der Waals surface area (Å²) in [4.78, 5) is 0. The van der Waals surface area contributed by atoms with Gasteiger partial charge in [-0.25, -0.2) is 0 Å². The summed E-state index contributed by atoms with van der Waals surface area (Å²) in [6.07, 6.45) is 16.2. The first-order valence-electron chi connectivity index (χ1n) is 11.0. The molecule has 27 heavy (non-hydrogen) atoms. The molecule has 0 radical (unpaired) electrons. The van der Waals surface area contributed by atoms with Crippen molar-refractivity contribution in [3.8, 4) is 0 Å². The van der Waals surface area contributed by atoms with E-state index in [0.29, 0.717) is 6.61 Å². The number of unbranched alkanes of at least 4 members (excludes halogenated alkanes) is 10. The molecule has 5 heteroatoms. The van der Waals surface area contributed by atoms with Gasteiger partial charge in [0.2, 0.25) is 0 Å². The summed E-state index contributed by atoms with van der Waals surface area (Å²) in [5.74, 6) is 0. The van der Waals surface area contributed by atoms with E-state index in [9.17, 15) is 15.3 Å². The molecule has 0 amide bonds. The fourth-order valence-corrected chi connectivity index (χ4v) is 3.43. The van der Waals surface area contributed by atoms with Crippen LogP contribution >= 0.6 is 0 Å². The maximum absolute atomic E-state index is 9.93. The summed E-state index contributed by atoms with van der Waals surface area (Å²) in [7, 11) is 0. The van der Waals surface area contributed by atoms with Gasteiger partial charge in [0, 0.05) is 6.61 Å². The molecule has 3 N–H and O–H groups in total. The Morgan fingerprint density at radius 2 is 1.52 bits per heavy atom. The zero-order valence-electron chi connectivity index (χ0n) is 17.2. The lowest BCUT2D eigenvalue weighted by atomic mass is 10.1. The van der Waals surface area contributed by atoms with Gasteiger partial charge in [0.25, 0.3) is 0 Å². The fraction of sp³-hybridized carbons (Fsp3) is 0.909. The third kappa shape index (κ3) is 11.9. The Morgan fingerprint density at radius 1 is 0.926 bits per heavy atom. The van der Waals surface area contributed by atoms with Gasteiger partial charge >= 0.3 is 0 Å². The molecule has 0 aliphatic carbocycles. The lowest BCUT2D eigenvalue weighted by Gasteiger charge is -2.20. The molecule has 0 saturated carbocycles. The number of allylic oxidation sites excluding steroid dienone is 2. The molecule has 160 valence electrons. The van der Waals surface area contributed by atoms with E-state index in [4.69, 9.17) is 9.47 Å². The van der Waals surface area contributed by atoms with Gasteiger partial charge in [-0.3, -0.25) is 0 Å². The zero-order valence-corrected chi connectivity index (χ0v) is 17.2. The molecule has 4 atom stereocenters. The minimum atomic E-state index is -1.03. The topological polar surface area (TPSA) is 79.2 Å². The molecule has 5 nitrogen and oxygen atoms in total. The Morgan fingerprint density at radius 3 is 2.07 bits per heavy atom. The second kappa shape index (κ2) is 16.5. The van der Waals surface area contributed by atoms with Crippen LogP contribution in [0.5, 0.6) is 0 Å². The second-order valence-corrected chi connectivity index (χ2v) is 7.70. The van der Waals surface area contributed by atoms with Crippen LogP contribution in [0.3, 0.4) is 0 Å². The highest BCUT2D eigenvalue weighted by Gasteiger charge is 2.39. The number of hydrogen-bond acceptors (Lipinski definition) is 5. The number of ether oxygens (including phenoxy) is 2. The van der Waals surface area contributed by atoms with Gasteiger partial charge in [0.05, 0.1) is 13.2 Å². The van der Waals surface area contributed by atoms with Crippen molar-refractivity contribution in [3.05, 3.63) is 12.2 Å². The third-order valence-corrected chi connectivity index (χ3v) is 5.17. The Bertz CT molecular complexity index is 361. The molecule has 0 spiro atoms. The monoisotopic (exact) mass is 386 g/mol. The van der Waals surface area contributed by atoms with Crippen LogP contribution in [-0.2, 0) is 9.47 Å². The minimum Gasteiger partial charge on any atom is -0.388 e. The van der Waals surface area contributed by atoms with Crippen molar-refractivity contribution >= 4 is 0 Å². The Balaban J connectivity index is 1.78. The quantitative estimate of drug-likeness (QED) is 0.262. The van der Waals surface area contributed by atoms with Gasteiger partial charge in [0.1, 0.15) is 24.4 Å². The first kappa shape index (κ1) is 24.6. The lowest BCUT2D eigenvalue weighted by Crippen LogP contribution is -2.40. The number of aliphatic hydroxyl groups excluding tert-OH is 3. The van der Waals surface area contributed by atoms with E-state index in [1.807, 2.05) is 0 Å². The van der Waals surface area contributed by atoms with Gasteiger partial charge in [-0.1, -0.05) is 70.4 Å². The smallest absolute Gasteiger partial charge is 0.114 e. The second-order valence-electron chi connectivity index (χ2n) is 7.70. The SMILES string of the molecule is CC/C=C/CCCCCCCCCCCCOC[C@@H](O)[C@@H]1OC[C@H](O)[C@@H]1O. The Hall–Kier alpha value is -0.460. The molecule has 1 fully saturated rings. The predicted octanol–water partition coefficient (Wildman–Crippen LogP) is 3.74. The molecule has 1 aliphatic heterocycles. The number of aliphatic hydroxyl groups is 3. The molecular formula is C22H42O5. The molecule has 1 saturated heterocycles. The molecular weight excluding hydrogens is 344 g/mol. The van der Waals surface area contributed by atoms with Crippen molar-refractivity contribution in [3.63, 3.8) is 0 Å². The van der Waals surface area contributed by atoms with E-state index < -0.39 is 24.4 Å². The van der Waals surface area contributed by atoms with Crippen molar-refractivity contribution in [1.29, 1.82) is 0 Å². The van der Waals surface area contributed by atoms with Crippen molar-refractivity contribution in [2.24, 2.45) is 0 Å². The summed E-state index contributed by atoms with van der Waals surface area (Å²) in [5, 5.41) is 29.0. The lowest BCUT2D eigenvalue weighted by molar-refractivity contribution is -0.0813. The maximum atomic E-state index is 9.93. The van der Waals surface area contributed by atoms with Crippen LogP contribution < -0.4 is 0 Å². The average Bonchev–Trinajstić information content (AvgIpc) is 3.00. The van der Waals surface area contributed by atoms with Crippen LogP contribution in [0.2, 0.25) is 0 Å². The highest BCUT2D eigenvalue weighted by molar-refractivity contribution is 4.87. The van der Waals surface area contributed by atoms with Crippen LogP contribution in [0.4, 0.5) is 0 Å². The summed E-state index contributed by atoms with van der Waals surface area (Å²) < 4.78 is 10.7. The van der Waals surface area contributed by atoms with Crippen molar-refractivity contribution in [1.82, 2.24) is 0 Å². The molecule has 0 bridgehead atoms. The molecule has 0 aromatic carbocycles. The molecule has 0 aromatic rings. The largest absolute Gasteiger partial charge is 0.388 e. The van der Waals surface area contributed by atoms with E-state index in [1.165, 1.54) is 57.8 Å². The van der Waals surface area contributed by atoms with E-state index in [-0.39, 0.29) is 13.2 Å². The molecule has 0 aromatic heterocycles. The summed E-state index contributed by atoms with van der Waals surface area (Å²) in [6.45, 7) is 3.01. The predicted molar refractivity (Wildman–Crippen MR) is 109 cm³/mol. The van der Waals surface area contributed by atoms with Crippen LogP contribution in [0.1, 0.15) is 84.0 Å². The highest BCUT2D eigenvalue weighted by Crippen LogP contribution is 2.18. The Labute approximate surface area is 165 Å². The van der Waals surface area contributed by atoms with Gasteiger partial charge in [-0.05, 0) is 25.7 Å². The van der Waals surface area contributed by atoms with Crippen LogP contribution in [0.25, 0.3) is 0 Å².